The monoisotopic (exact) mass is 356 g/mol. The largest absolute Gasteiger partial charge is 0.497 e. The van der Waals surface area contributed by atoms with Gasteiger partial charge < -0.3 is 25.3 Å². The van der Waals surface area contributed by atoms with Crippen molar-refractivity contribution < 1.29 is 23.8 Å². The summed E-state index contributed by atoms with van der Waals surface area (Å²) in [6.45, 7) is 0.139. The van der Waals surface area contributed by atoms with Crippen molar-refractivity contribution in [3.63, 3.8) is 0 Å². The number of amides is 1. The molecular formula is C19H20N2O5. The Morgan fingerprint density at radius 1 is 1.12 bits per heavy atom. The molecule has 0 bridgehead atoms. The number of benzene rings is 2. The number of hydrogen-bond donors (Lipinski definition) is 2. The molecule has 2 aromatic carbocycles. The summed E-state index contributed by atoms with van der Waals surface area (Å²) < 4.78 is 15.6. The molecule has 26 heavy (non-hydrogen) atoms. The quantitative estimate of drug-likeness (QED) is 0.584. The number of fused-ring (bicyclic) bond motifs is 1. The summed E-state index contributed by atoms with van der Waals surface area (Å²) in [4.78, 5) is 24.2. The molecule has 0 aliphatic carbocycles. The van der Waals surface area contributed by atoms with E-state index in [1.54, 1.807) is 43.5 Å². The van der Waals surface area contributed by atoms with Gasteiger partial charge in [0.25, 0.3) is 0 Å². The Labute approximate surface area is 151 Å². The summed E-state index contributed by atoms with van der Waals surface area (Å²) in [5.41, 5.74) is 7.38. The van der Waals surface area contributed by atoms with Gasteiger partial charge in [-0.15, -0.1) is 0 Å². The van der Waals surface area contributed by atoms with Crippen molar-refractivity contribution in [3.05, 3.63) is 42.0 Å². The first-order chi connectivity index (χ1) is 12.6. The lowest BCUT2D eigenvalue weighted by atomic mass is 10.1. The lowest BCUT2D eigenvalue weighted by Gasteiger charge is -2.09. The SMILES string of the molecule is COc1ccc(C(=O)CCCC(=O)Nc2cc3c(cc2N)OCO3)cc1. The van der Waals surface area contributed by atoms with Gasteiger partial charge >= 0.3 is 0 Å². The number of nitrogens with one attached hydrogen (secondary N) is 1. The molecule has 1 amide bonds. The van der Waals surface area contributed by atoms with E-state index in [9.17, 15) is 9.59 Å². The standard InChI is InChI=1S/C19H20N2O5/c1-24-13-7-5-12(6-8-13)16(22)3-2-4-19(23)21-15-10-18-17(9-14(15)20)25-11-26-18/h5-10H,2-4,11,20H2,1H3,(H,21,23). The molecule has 7 heteroatoms. The van der Waals surface area contributed by atoms with Crippen LogP contribution < -0.4 is 25.3 Å². The van der Waals surface area contributed by atoms with E-state index in [2.05, 4.69) is 5.32 Å². The zero-order valence-corrected chi connectivity index (χ0v) is 14.4. The van der Waals surface area contributed by atoms with Gasteiger partial charge in [-0.2, -0.15) is 0 Å². The first-order valence-corrected chi connectivity index (χ1v) is 8.23. The number of carbonyl (C=O) groups is 2. The molecule has 0 saturated carbocycles. The van der Waals surface area contributed by atoms with Gasteiger partial charge in [0.1, 0.15) is 5.75 Å². The highest BCUT2D eigenvalue weighted by molar-refractivity contribution is 5.97. The maximum absolute atomic E-state index is 12.1. The molecule has 136 valence electrons. The fraction of sp³-hybridized carbons (Fsp3) is 0.263. The van der Waals surface area contributed by atoms with Gasteiger partial charge in [-0.05, 0) is 30.7 Å². The second kappa shape index (κ2) is 7.77. The zero-order valence-electron chi connectivity index (χ0n) is 14.4. The van der Waals surface area contributed by atoms with Crippen LogP contribution in [0.3, 0.4) is 0 Å². The third-order valence-corrected chi connectivity index (χ3v) is 4.04. The first-order valence-electron chi connectivity index (χ1n) is 8.23. The average Bonchev–Trinajstić information content (AvgIpc) is 3.09. The Morgan fingerprint density at radius 3 is 2.50 bits per heavy atom. The number of rotatable bonds is 7. The van der Waals surface area contributed by atoms with Crippen molar-refractivity contribution in [2.75, 3.05) is 25.0 Å². The van der Waals surface area contributed by atoms with Gasteiger partial charge in [0, 0.05) is 30.5 Å². The number of carbonyl (C=O) groups excluding carboxylic acids is 2. The highest BCUT2D eigenvalue weighted by atomic mass is 16.7. The van der Waals surface area contributed by atoms with Crippen molar-refractivity contribution in [1.29, 1.82) is 0 Å². The predicted octanol–water partition coefficient (Wildman–Crippen LogP) is 3.00. The fourth-order valence-corrected chi connectivity index (χ4v) is 2.61. The minimum atomic E-state index is -0.210. The van der Waals surface area contributed by atoms with E-state index in [0.717, 1.165) is 0 Å². The number of ketones is 1. The molecular weight excluding hydrogens is 336 g/mol. The van der Waals surface area contributed by atoms with Gasteiger partial charge in [0.2, 0.25) is 12.7 Å². The van der Waals surface area contributed by atoms with Crippen molar-refractivity contribution in [2.24, 2.45) is 0 Å². The summed E-state index contributed by atoms with van der Waals surface area (Å²) in [5, 5.41) is 2.74. The molecule has 7 nitrogen and oxygen atoms in total. The molecule has 1 aliphatic heterocycles. The highest BCUT2D eigenvalue weighted by Gasteiger charge is 2.17. The van der Waals surface area contributed by atoms with Crippen LogP contribution in [-0.2, 0) is 4.79 Å². The molecule has 1 aliphatic rings. The summed E-state index contributed by atoms with van der Waals surface area (Å²) in [5.74, 6) is 1.58. The Morgan fingerprint density at radius 2 is 1.81 bits per heavy atom. The van der Waals surface area contributed by atoms with Crippen LogP contribution in [0.1, 0.15) is 29.6 Å². The molecule has 0 radical (unpaired) electrons. The number of hydrogen-bond acceptors (Lipinski definition) is 6. The molecule has 0 atom stereocenters. The number of nitrogens with two attached hydrogens (primary N) is 1. The Balaban J connectivity index is 1.49. The molecule has 3 N–H and O–H groups in total. The smallest absolute Gasteiger partial charge is 0.231 e. The first kappa shape index (κ1) is 17.6. The molecule has 2 aromatic rings. The van der Waals surface area contributed by atoms with Gasteiger partial charge in [-0.3, -0.25) is 9.59 Å². The van der Waals surface area contributed by atoms with Crippen molar-refractivity contribution in [2.45, 2.75) is 19.3 Å². The lowest BCUT2D eigenvalue weighted by Crippen LogP contribution is -2.13. The molecule has 0 unspecified atom stereocenters. The fourth-order valence-electron chi connectivity index (χ4n) is 2.61. The van der Waals surface area contributed by atoms with Gasteiger partial charge in [-0.25, -0.2) is 0 Å². The van der Waals surface area contributed by atoms with E-state index in [4.69, 9.17) is 19.9 Å². The van der Waals surface area contributed by atoms with E-state index in [0.29, 0.717) is 40.6 Å². The summed E-state index contributed by atoms with van der Waals surface area (Å²) in [6.07, 6.45) is 0.952. The van der Waals surface area contributed by atoms with Crippen LogP contribution in [-0.4, -0.2) is 25.6 Å². The molecule has 0 aromatic heterocycles. The summed E-state index contributed by atoms with van der Waals surface area (Å²) in [6, 6.07) is 10.2. The topological polar surface area (TPSA) is 99.9 Å². The lowest BCUT2D eigenvalue weighted by molar-refractivity contribution is -0.116. The third kappa shape index (κ3) is 4.05. The Hall–Kier alpha value is -3.22. The normalized spacial score (nSPS) is 11.9. The van der Waals surface area contributed by atoms with E-state index in [1.165, 1.54) is 0 Å². The maximum atomic E-state index is 12.1. The molecule has 0 saturated heterocycles. The highest BCUT2D eigenvalue weighted by Crippen LogP contribution is 2.38. The third-order valence-electron chi connectivity index (χ3n) is 4.04. The van der Waals surface area contributed by atoms with E-state index in [-0.39, 0.29) is 31.3 Å². The zero-order chi connectivity index (χ0) is 18.5. The second-order valence-electron chi connectivity index (χ2n) is 5.85. The Bertz CT molecular complexity index is 817. The number of Topliss-reactive ketones (excluding diaryl/α,β-unsaturated/α-hetero) is 1. The molecule has 1 heterocycles. The van der Waals surface area contributed by atoms with Crippen LogP contribution in [0.25, 0.3) is 0 Å². The molecule has 0 fully saturated rings. The van der Waals surface area contributed by atoms with Gasteiger partial charge in [0.05, 0.1) is 18.5 Å². The van der Waals surface area contributed by atoms with E-state index in [1.807, 2.05) is 0 Å². The predicted molar refractivity (Wildman–Crippen MR) is 96.8 cm³/mol. The minimum Gasteiger partial charge on any atom is -0.497 e. The number of nitrogen functional groups attached to an aromatic ring is 1. The Kier molecular flexibility index (Phi) is 5.26. The van der Waals surface area contributed by atoms with Crippen LogP contribution in [0.2, 0.25) is 0 Å². The number of anilines is 2. The molecule has 3 rings (SSSR count). The van der Waals surface area contributed by atoms with E-state index >= 15 is 0 Å². The van der Waals surface area contributed by atoms with Crippen LogP contribution in [0, 0.1) is 0 Å². The van der Waals surface area contributed by atoms with Crippen LogP contribution >= 0.6 is 0 Å². The van der Waals surface area contributed by atoms with Gasteiger partial charge in [0.15, 0.2) is 17.3 Å². The van der Waals surface area contributed by atoms with E-state index < -0.39 is 0 Å². The van der Waals surface area contributed by atoms with Gasteiger partial charge in [-0.1, -0.05) is 0 Å². The summed E-state index contributed by atoms with van der Waals surface area (Å²) in [7, 11) is 1.57. The number of ether oxygens (including phenoxy) is 3. The van der Waals surface area contributed by atoms with Crippen LogP contribution in [0.5, 0.6) is 17.2 Å². The summed E-state index contributed by atoms with van der Waals surface area (Å²) >= 11 is 0. The van der Waals surface area contributed by atoms with Crippen molar-refractivity contribution in [1.82, 2.24) is 0 Å². The van der Waals surface area contributed by atoms with Crippen molar-refractivity contribution >= 4 is 23.1 Å². The van der Waals surface area contributed by atoms with Crippen molar-refractivity contribution in [3.8, 4) is 17.2 Å². The average molecular weight is 356 g/mol. The van der Waals surface area contributed by atoms with Crippen LogP contribution in [0.15, 0.2) is 36.4 Å². The number of methoxy groups -OCH3 is 1. The minimum absolute atomic E-state index is 0.0111. The maximum Gasteiger partial charge on any atom is 0.231 e. The molecule has 0 spiro atoms. The second-order valence-corrected chi connectivity index (χ2v) is 5.85. The van der Waals surface area contributed by atoms with Crippen LogP contribution in [0.4, 0.5) is 11.4 Å².